The molecule has 2 heterocycles. The molecule has 0 radical (unpaired) electrons. The summed E-state index contributed by atoms with van der Waals surface area (Å²) in [6.45, 7) is 2.84. The molecule has 1 fully saturated rings. The van der Waals surface area contributed by atoms with E-state index >= 15 is 0 Å². The first-order valence-corrected chi connectivity index (χ1v) is 10.7. The third-order valence-corrected chi connectivity index (χ3v) is 5.75. The fraction of sp³-hybridized carbons (Fsp3) is 0.550. The van der Waals surface area contributed by atoms with Gasteiger partial charge >= 0.3 is 0 Å². The Labute approximate surface area is 180 Å². The van der Waals surface area contributed by atoms with Crippen molar-refractivity contribution in [2.24, 2.45) is 0 Å². The van der Waals surface area contributed by atoms with E-state index in [2.05, 4.69) is 41.8 Å². The van der Waals surface area contributed by atoms with Crippen LogP contribution < -0.4 is 15.5 Å². The Morgan fingerprint density at radius 2 is 1.76 bits per heavy atom. The van der Waals surface area contributed by atoms with Gasteiger partial charge < -0.3 is 20.1 Å². The van der Waals surface area contributed by atoms with Crippen LogP contribution >= 0.6 is 15.9 Å². The van der Waals surface area contributed by atoms with Gasteiger partial charge in [-0.05, 0) is 40.9 Å². The Hall–Kier alpha value is -1.97. The first-order chi connectivity index (χ1) is 14.1. The number of rotatable bonds is 10. The van der Waals surface area contributed by atoms with Gasteiger partial charge in [0.15, 0.2) is 0 Å². The maximum absolute atomic E-state index is 6.02. The number of pyridine rings is 1. The predicted octanol–water partition coefficient (Wildman–Crippen LogP) is 3.40. The standard InChI is InChI=1S/C20H29BrN6O2/c1-28-11-9-26(10-12-29-2)16-7-8-18(23-13-16)27(15-5-3-4-6-15)20-24-14-17(21)19(22)25-20/h7-8,13-15H,3-6,9-12H2,1-2H3,(H2,22,24,25). The summed E-state index contributed by atoms with van der Waals surface area (Å²) in [6, 6.07) is 4.44. The van der Waals surface area contributed by atoms with E-state index in [1.165, 1.54) is 12.8 Å². The molecule has 158 valence electrons. The molecule has 0 spiro atoms. The van der Waals surface area contributed by atoms with E-state index in [4.69, 9.17) is 20.2 Å². The van der Waals surface area contributed by atoms with Crippen LogP contribution in [0.5, 0.6) is 0 Å². The van der Waals surface area contributed by atoms with E-state index in [0.717, 1.165) is 37.4 Å². The molecule has 2 N–H and O–H groups in total. The van der Waals surface area contributed by atoms with Crippen molar-refractivity contribution in [1.82, 2.24) is 15.0 Å². The molecule has 1 saturated carbocycles. The third-order valence-electron chi connectivity index (χ3n) is 5.14. The van der Waals surface area contributed by atoms with Gasteiger partial charge in [0.25, 0.3) is 0 Å². The summed E-state index contributed by atoms with van der Waals surface area (Å²) in [5.74, 6) is 1.86. The zero-order valence-corrected chi connectivity index (χ0v) is 18.6. The lowest BCUT2D eigenvalue weighted by Crippen LogP contribution is -2.32. The molecule has 1 aliphatic rings. The van der Waals surface area contributed by atoms with Crippen molar-refractivity contribution in [3.8, 4) is 0 Å². The van der Waals surface area contributed by atoms with Gasteiger partial charge in [0.05, 0.1) is 29.6 Å². The first kappa shape index (κ1) is 21.7. The third kappa shape index (κ3) is 5.55. The Morgan fingerprint density at radius 1 is 1.07 bits per heavy atom. The molecule has 2 aromatic heterocycles. The van der Waals surface area contributed by atoms with Gasteiger partial charge in [0, 0.05) is 39.5 Å². The summed E-state index contributed by atoms with van der Waals surface area (Å²) in [5, 5.41) is 0. The Morgan fingerprint density at radius 3 is 2.31 bits per heavy atom. The number of halogens is 1. The Balaban J connectivity index is 1.86. The number of nitrogen functional groups attached to an aromatic ring is 1. The summed E-state index contributed by atoms with van der Waals surface area (Å²) < 4.78 is 11.2. The molecule has 0 bridgehead atoms. The van der Waals surface area contributed by atoms with Crippen molar-refractivity contribution in [2.45, 2.75) is 31.7 Å². The quantitative estimate of drug-likeness (QED) is 0.571. The zero-order valence-electron chi connectivity index (χ0n) is 17.1. The second-order valence-electron chi connectivity index (χ2n) is 7.06. The highest BCUT2D eigenvalue weighted by atomic mass is 79.9. The van der Waals surface area contributed by atoms with Crippen LogP contribution in [0.1, 0.15) is 25.7 Å². The van der Waals surface area contributed by atoms with E-state index in [0.29, 0.717) is 35.5 Å². The minimum Gasteiger partial charge on any atom is -0.383 e. The topological polar surface area (TPSA) is 89.6 Å². The van der Waals surface area contributed by atoms with Crippen molar-refractivity contribution in [3.05, 3.63) is 29.0 Å². The van der Waals surface area contributed by atoms with E-state index in [1.807, 2.05) is 12.3 Å². The molecule has 0 aliphatic heterocycles. The normalized spacial score (nSPS) is 14.3. The fourth-order valence-corrected chi connectivity index (χ4v) is 3.77. The molecule has 1 aliphatic carbocycles. The SMILES string of the molecule is COCCN(CCOC)c1ccc(N(c2ncc(Br)c(N)n2)C2CCCC2)nc1. The fourth-order valence-electron chi connectivity index (χ4n) is 3.58. The molecule has 29 heavy (non-hydrogen) atoms. The number of aromatic nitrogens is 3. The maximum atomic E-state index is 6.02. The highest BCUT2D eigenvalue weighted by molar-refractivity contribution is 9.10. The summed E-state index contributed by atoms with van der Waals surface area (Å²) in [7, 11) is 3.42. The number of nitrogens with zero attached hydrogens (tertiary/aromatic N) is 5. The molecule has 9 heteroatoms. The molecular formula is C20H29BrN6O2. The van der Waals surface area contributed by atoms with Crippen LogP contribution in [0.3, 0.4) is 0 Å². The lowest BCUT2D eigenvalue weighted by atomic mass is 10.2. The Kier molecular flexibility index (Phi) is 8.02. The van der Waals surface area contributed by atoms with E-state index < -0.39 is 0 Å². The average molecular weight is 465 g/mol. The number of anilines is 4. The van der Waals surface area contributed by atoms with Crippen LogP contribution in [0.15, 0.2) is 29.0 Å². The average Bonchev–Trinajstić information content (AvgIpc) is 3.26. The van der Waals surface area contributed by atoms with Crippen molar-refractivity contribution >= 4 is 39.2 Å². The number of methoxy groups -OCH3 is 2. The minimum atomic E-state index is 0.326. The van der Waals surface area contributed by atoms with Crippen LogP contribution in [0.25, 0.3) is 0 Å². The number of ether oxygens (including phenoxy) is 2. The van der Waals surface area contributed by atoms with Crippen LogP contribution in [-0.2, 0) is 9.47 Å². The summed E-state index contributed by atoms with van der Waals surface area (Å²) in [6.07, 6.45) is 8.18. The first-order valence-electron chi connectivity index (χ1n) is 9.90. The van der Waals surface area contributed by atoms with Crippen molar-refractivity contribution in [3.63, 3.8) is 0 Å². The molecule has 8 nitrogen and oxygen atoms in total. The van der Waals surface area contributed by atoms with Crippen molar-refractivity contribution in [1.29, 1.82) is 0 Å². The molecule has 0 amide bonds. The maximum Gasteiger partial charge on any atom is 0.233 e. The van der Waals surface area contributed by atoms with Crippen LogP contribution in [-0.4, -0.2) is 61.5 Å². The monoisotopic (exact) mass is 464 g/mol. The number of hydrogen-bond donors (Lipinski definition) is 1. The number of hydrogen-bond acceptors (Lipinski definition) is 8. The van der Waals surface area contributed by atoms with Crippen LogP contribution in [0.2, 0.25) is 0 Å². The summed E-state index contributed by atoms with van der Waals surface area (Å²) >= 11 is 3.37. The van der Waals surface area contributed by atoms with Gasteiger partial charge in [-0.3, -0.25) is 4.90 Å². The van der Waals surface area contributed by atoms with E-state index in [1.54, 1.807) is 20.4 Å². The summed E-state index contributed by atoms with van der Waals surface area (Å²) in [4.78, 5) is 18.1. The molecular weight excluding hydrogens is 436 g/mol. The van der Waals surface area contributed by atoms with Gasteiger partial charge in [-0.1, -0.05) is 12.8 Å². The highest BCUT2D eigenvalue weighted by Gasteiger charge is 2.27. The smallest absolute Gasteiger partial charge is 0.233 e. The number of nitrogens with two attached hydrogens (primary N) is 1. The molecule has 3 rings (SSSR count). The van der Waals surface area contributed by atoms with Crippen molar-refractivity contribution in [2.75, 3.05) is 56.1 Å². The molecule has 2 aromatic rings. The molecule has 0 aromatic carbocycles. The lowest BCUT2D eigenvalue weighted by Gasteiger charge is -2.29. The van der Waals surface area contributed by atoms with Gasteiger partial charge in [0.2, 0.25) is 5.95 Å². The van der Waals surface area contributed by atoms with Crippen LogP contribution in [0.4, 0.5) is 23.3 Å². The second kappa shape index (κ2) is 10.7. The Bertz CT molecular complexity index is 762. The van der Waals surface area contributed by atoms with E-state index in [9.17, 15) is 0 Å². The highest BCUT2D eigenvalue weighted by Crippen LogP contribution is 2.33. The second-order valence-corrected chi connectivity index (χ2v) is 7.91. The molecule has 0 saturated heterocycles. The van der Waals surface area contributed by atoms with Gasteiger partial charge in [-0.2, -0.15) is 4.98 Å². The lowest BCUT2D eigenvalue weighted by molar-refractivity contribution is 0.190. The largest absolute Gasteiger partial charge is 0.383 e. The van der Waals surface area contributed by atoms with E-state index in [-0.39, 0.29) is 0 Å². The molecule has 0 atom stereocenters. The van der Waals surface area contributed by atoms with Gasteiger partial charge in [0.1, 0.15) is 11.6 Å². The van der Waals surface area contributed by atoms with Crippen LogP contribution in [0, 0.1) is 0 Å². The molecule has 0 unspecified atom stereocenters. The van der Waals surface area contributed by atoms with Gasteiger partial charge in [-0.15, -0.1) is 0 Å². The summed E-state index contributed by atoms with van der Waals surface area (Å²) in [5.41, 5.74) is 7.05. The predicted molar refractivity (Wildman–Crippen MR) is 119 cm³/mol. The minimum absolute atomic E-state index is 0.326. The zero-order chi connectivity index (χ0) is 20.6. The van der Waals surface area contributed by atoms with Gasteiger partial charge in [-0.25, -0.2) is 9.97 Å². The van der Waals surface area contributed by atoms with Crippen molar-refractivity contribution < 1.29 is 9.47 Å².